The van der Waals surface area contributed by atoms with E-state index < -0.39 is 0 Å². The second kappa shape index (κ2) is 29.4. The van der Waals surface area contributed by atoms with E-state index in [1.165, 1.54) is 18.6 Å². The normalized spacial score (nSPS) is 9.73. The number of aliphatic hydroxyl groups is 3. The van der Waals surface area contributed by atoms with Gasteiger partial charge in [-0.1, -0.05) is 41.5 Å². The Hall–Kier alpha value is -1.76. The Kier molecular flexibility index (Phi) is 38.1. The molecule has 0 amide bonds. The molecule has 0 aliphatic rings. The van der Waals surface area contributed by atoms with Crippen molar-refractivity contribution in [2.75, 3.05) is 7.11 Å². The van der Waals surface area contributed by atoms with Crippen molar-refractivity contribution in [1.29, 1.82) is 0 Å². The van der Waals surface area contributed by atoms with Crippen LogP contribution in [0.1, 0.15) is 80.1 Å². The maximum atomic E-state index is 10.5. The monoisotopic (exact) mass is 608 g/mol. The number of hydrogen-bond acceptors (Lipinski definition) is 7. The van der Waals surface area contributed by atoms with Crippen LogP contribution < -0.4 is 0 Å². The van der Waals surface area contributed by atoms with E-state index in [-0.39, 0.29) is 54.8 Å². The molecule has 0 heterocycles. The van der Waals surface area contributed by atoms with Gasteiger partial charge in [-0.15, -0.1) is 0 Å². The van der Waals surface area contributed by atoms with E-state index in [1.54, 1.807) is 41.5 Å². The molecule has 0 unspecified atom stereocenters. The summed E-state index contributed by atoms with van der Waals surface area (Å²) in [6, 6.07) is 0. The molecular formula is C22H39IrO7-. The fourth-order valence-corrected chi connectivity index (χ4v) is 1.16. The Morgan fingerprint density at radius 2 is 0.867 bits per heavy atom. The Bertz CT molecular complexity index is 478. The third kappa shape index (κ3) is 33.8. The Morgan fingerprint density at radius 3 is 1.03 bits per heavy atom. The van der Waals surface area contributed by atoms with Gasteiger partial charge in [0.1, 0.15) is 0 Å². The minimum atomic E-state index is -0.0816. The fourth-order valence-electron chi connectivity index (χ4n) is 1.16. The molecule has 0 aromatic rings. The van der Waals surface area contributed by atoms with Crippen molar-refractivity contribution in [3.8, 4) is 0 Å². The number of allylic oxidation sites excluding steroid dienone is 4. The smallest absolute Gasteiger partial charge is 0.158 e. The van der Waals surface area contributed by atoms with Crippen LogP contribution in [0, 0.1) is 6.42 Å². The third-order valence-corrected chi connectivity index (χ3v) is 3.10. The molecule has 30 heavy (non-hydrogen) atoms. The molecule has 0 saturated carbocycles. The van der Waals surface area contributed by atoms with Gasteiger partial charge in [0.05, 0.1) is 11.5 Å². The van der Waals surface area contributed by atoms with E-state index >= 15 is 0 Å². The SMILES string of the molecule is CCC(=O)/C=C(\O)CC.CCC(=O)/C=C(\O)CC.CCC(=O)[CH-]C(=O)CC.CO.[Ir]. The molecule has 3 N–H and O–H groups in total. The Balaban J connectivity index is -0.0000000982. The van der Waals surface area contributed by atoms with Crippen molar-refractivity contribution >= 4 is 23.1 Å². The summed E-state index contributed by atoms with van der Waals surface area (Å²) in [5, 5.41) is 24.6. The molecule has 0 aliphatic heterocycles. The minimum Gasteiger partial charge on any atom is -0.512 e. The van der Waals surface area contributed by atoms with Gasteiger partial charge < -0.3 is 24.9 Å². The Morgan fingerprint density at radius 1 is 0.600 bits per heavy atom. The molecule has 0 saturated heterocycles. The van der Waals surface area contributed by atoms with Gasteiger partial charge >= 0.3 is 0 Å². The van der Waals surface area contributed by atoms with Gasteiger partial charge in [-0.25, -0.2) is 0 Å². The first kappa shape index (κ1) is 38.8. The number of carbonyl (C=O) groups is 4. The molecule has 0 aromatic carbocycles. The fraction of sp³-hybridized carbons (Fsp3) is 0.591. The zero-order valence-corrected chi connectivity index (χ0v) is 21.7. The molecule has 0 rings (SSSR count). The van der Waals surface area contributed by atoms with E-state index in [0.717, 1.165) is 7.11 Å². The van der Waals surface area contributed by atoms with Crippen LogP contribution in [0.2, 0.25) is 0 Å². The summed E-state index contributed by atoms with van der Waals surface area (Å²) in [5.74, 6) is 0.135. The first-order chi connectivity index (χ1) is 13.6. The van der Waals surface area contributed by atoms with E-state index in [1.807, 2.05) is 0 Å². The first-order valence-electron chi connectivity index (χ1n) is 9.81. The number of ketones is 4. The molecule has 0 spiro atoms. The van der Waals surface area contributed by atoms with Gasteiger partial charge in [-0.2, -0.15) is 0 Å². The van der Waals surface area contributed by atoms with Crippen LogP contribution >= 0.6 is 0 Å². The minimum absolute atomic E-state index is 0. The van der Waals surface area contributed by atoms with Crippen molar-refractivity contribution in [2.24, 2.45) is 0 Å². The largest absolute Gasteiger partial charge is 0.512 e. The first-order valence-corrected chi connectivity index (χ1v) is 9.81. The van der Waals surface area contributed by atoms with E-state index in [9.17, 15) is 19.2 Å². The van der Waals surface area contributed by atoms with E-state index in [0.29, 0.717) is 38.5 Å². The van der Waals surface area contributed by atoms with E-state index in [2.05, 4.69) is 0 Å². The van der Waals surface area contributed by atoms with Gasteiger partial charge in [0.2, 0.25) is 0 Å². The second-order valence-electron chi connectivity index (χ2n) is 5.40. The molecule has 0 bridgehead atoms. The van der Waals surface area contributed by atoms with Gasteiger partial charge in [0.25, 0.3) is 0 Å². The molecular weight excluding hydrogens is 568 g/mol. The summed E-state index contributed by atoms with van der Waals surface area (Å²) in [4.78, 5) is 42.1. The predicted octanol–water partition coefficient (Wildman–Crippen LogP) is 4.39. The molecule has 0 fully saturated rings. The topological polar surface area (TPSA) is 129 Å². The second-order valence-corrected chi connectivity index (χ2v) is 5.40. The summed E-state index contributed by atoms with van der Waals surface area (Å²) >= 11 is 0. The maximum absolute atomic E-state index is 10.5. The number of hydrogen-bond donors (Lipinski definition) is 3. The van der Waals surface area contributed by atoms with E-state index in [4.69, 9.17) is 15.3 Å². The summed E-state index contributed by atoms with van der Waals surface area (Å²) in [7, 11) is 1.00. The summed E-state index contributed by atoms with van der Waals surface area (Å²) < 4.78 is 0. The van der Waals surface area contributed by atoms with Crippen LogP contribution in [0.5, 0.6) is 0 Å². The van der Waals surface area contributed by atoms with Gasteiger partial charge in [-0.3, -0.25) is 16.0 Å². The molecule has 0 atom stereocenters. The average Bonchev–Trinajstić information content (AvgIpc) is 2.75. The summed E-state index contributed by atoms with van der Waals surface area (Å²) in [6.45, 7) is 10.6. The van der Waals surface area contributed by atoms with Gasteiger partial charge in [-0.05, 0) is 12.8 Å². The van der Waals surface area contributed by atoms with Crippen molar-refractivity contribution in [3.63, 3.8) is 0 Å². The van der Waals surface area contributed by atoms with Crippen LogP contribution in [0.25, 0.3) is 0 Å². The predicted molar refractivity (Wildman–Crippen MR) is 116 cm³/mol. The zero-order chi connectivity index (χ0) is 23.8. The average molecular weight is 608 g/mol. The number of Topliss-reactive ketones (excluding diaryl/α,β-unsaturated/α-hetero) is 2. The third-order valence-electron chi connectivity index (χ3n) is 3.10. The molecule has 1 radical (unpaired) electrons. The summed E-state index contributed by atoms with van der Waals surface area (Å²) in [5.41, 5.74) is 0. The quantitative estimate of drug-likeness (QED) is 0.145. The Labute approximate surface area is 195 Å². The molecule has 0 aliphatic carbocycles. The molecule has 179 valence electrons. The molecule has 0 aromatic heterocycles. The van der Waals surface area contributed by atoms with Gasteiger partial charge in [0, 0.05) is 76.6 Å². The summed E-state index contributed by atoms with van der Waals surface area (Å²) in [6.07, 6.45) is 6.56. The van der Waals surface area contributed by atoms with Crippen LogP contribution in [0.3, 0.4) is 0 Å². The van der Waals surface area contributed by atoms with Crippen molar-refractivity contribution in [1.82, 2.24) is 0 Å². The molecule has 7 nitrogen and oxygen atoms in total. The van der Waals surface area contributed by atoms with Gasteiger partial charge in [0.15, 0.2) is 11.6 Å². The number of aliphatic hydroxyl groups excluding tert-OH is 3. The van der Waals surface area contributed by atoms with Crippen molar-refractivity contribution < 1.29 is 54.6 Å². The standard InChI is InChI=1S/2C7H12O2.C7H11O2.CH4O.Ir/c3*1-3-6(8)5-7(9)4-2;1-2;/h2*5,8H,3-4H2,1-2H3;5H,3-4H2,1-2H3;2H,1H3;/q;;-1;;/b2*6-5-;;;. The van der Waals surface area contributed by atoms with Crippen LogP contribution in [0.15, 0.2) is 23.7 Å². The van der Waals surface area contributed by atoms with Crippen molar-refractivity contribution in [2.45, 2.75) is 80.1 Å². The van der Waals surface area contributed by atoms with Crippen LogP contribution in [-0.2, 0) is 39.3 Å². The maximum Gasteiger partial charge on any atom is 0.158 e. The van der Waals surface area contributed by atoms with Crippen LogP contribution in [-0.4, -0.2) is 45.6 Å². The zero-order valence-electron chi connectivity index (χ0n) is 19.3. The molecule has 8 heteroatoms. The number of carbonyl (C=O) groups excluding carboxylic acids is 4. The number of rotatable bonds is 10. The van der Waals surface area contributed by atoms with Crippen molar-refractivity contribution in [3.05, 3.63) is 30.1 Å². The van der Waals surface area contributed by atoms with Crippen LogP contribution in [0.4, 0.5) is 0 Å².